The Labute approximate surface area is 137 Å². The van der Waals surface area contributed by atoms with Crippen molar-refractivity contribution < 1.29 is 0 Å². The number of hydrogen-bond acceptors (Lipinski definition) is 3. The van der Waals surface area contributed by atoms with E-state index in [1.807, 2.05) is 11.3 Å². The monoisotopic (exact) mass is 323 g/mol. The Hall–Kier alpha value is -0.650. The number of hydrogen-bond donors (Lipinski definition) is 2. The molecule has 4 atom stereocenters. The summed E-state index contributed by atoms with van der Waals surface area (Å²) in [5.74, 6) is 1.81. The van der Waals surface area contributed by atoms with Crippen LogP contribution in [-0.4, -0.2) is 36.7 Å². The molecule has 2 aliphatic carbocycles. The van der Waals surface area contributed by atoms with Crippen LogP contribution in [0.1, 0.15) is 36.6 Å². The van der Waals surface area contributed by atoms with Crippen LogP contribution in [0.5, 0.6) is 0 Å². The maximum absolute atomic E-state index is 5.50. The fourth-order valence-corrected chi connectivity index (χ4v) is 5.01. The van der Waals surface area contributed by atoms with Crippen LogP contribution in [0, 0.1) is 11.8 Å². The van der Waals surface area contributed by atoms with E-state index in [1.165, 1.54) is 30.6 Å². The largest absolute Gasteiger partial charge is 0.361 e. The molecule has 1 aromatic rings. The van der Waals surface area contributed by atoms with Crippen LogP contribution >= 0.6 is 23.6 Å². The Morgan fingerprint density at radius 1 is 1.43 bits per heavy atom. The van der Waals surface area contributed by atoms with E-state index in [4.69, 9.17) is 12.2 Å². The lowest BCUT2D eigenvalue weighted by atomic mass is 9.96. The summed E-state index contributed by atoms with van der Waals surface area (Å²) in [5.41, 5.74) is 0. The average molecular weight is 324 g/mol. The average Bonchev–Trinajstić information content (AvgIpc) is 3.15. The Balaban J connectivity index is 1.48. The zero-order valence-electron chi connectivity index (χ0n) is 12.8. The lowest BCUT2D eigenvalue weighted by Crippen LogP contribution is -2.46. The van der Waals surface area contributed by atoms with Gasteiger partial charge in [-0.05, 0) is 68.9 Å². The Kier molecular flexibility index (Phi) is 4.82. The van der Waals surface area contributed by atoms with E-state index in [9.17, 15) is 0 Å². The van der Waals surface area contributed by atoms with Gasteiger partial charge in [-0.25, -0.2) is 0 Å². The molecule has 0 amide bonds. The molecule has 2 bridgehead atoms. The predicted molar refractivity (Wildman–Crippen MR) is 93.7 cm³/mol. The zero-order valence-corrected chi connectivity index (χ0v) is 14.5. The second kappa shape index (κ2) is 6.63. The molecule has 0 radical (unpaired) electrons. The maximum Gasteiger partial charge on any atom is 0.166 e. The normalized spacial score (nSPS) is 28.8. The fourth-order valence-electron chi connectivity index (χ4n) is 3.85. The summed E-state index contributed by atoms with van der Waals surface area (Å²) in [4.78, 5) is 3.63. The van der Waals surface area contributed by atoms with Gasteiger partial charge in [-0.15, -0.1) is 11.3 Å². The topological polar surface area (TPSA) is 27.3 Å². The van der Waals surface area contributed by atoms with Gasteiger partial charge in [0.2, 0.25) is 0 Å². The van der Waals surface area contributed by atoms with Gasteiger partial charge in [0.1, 0.15) is 0 Å². The minimum atomic E-state index is 0.379. The summed E-state index contributed by atoms with van der Waals surface area (Å²) < 4.78 is 0. The number of thiocarbonyl (C=S) groups is 1. The van der Waals surface area contributed by atoms with Crippen molar-refractivity contribution in [3.8, 4) is 0 Å². The fraction of sp³-hybridized carbons (Fsp3) is 0.688. The molecule has 2 fully saturated rings. The van der Waals surface area contributed by atoms with E-state index in [-0.39, 0.29) is 0 Å². The van der Waals surface area contributed by atoms with E-state index in [0.717, 1.165) is 23.5 Å². The van der Waals surface area contributed by atoms with Gasteiger partial charge in [0.25, 0.3) is 0 Å². The van der Waals surface area contributed by atoms with E-state index in [0.29, 0.717) is 12.1 Å². The number of rotatable bonds is 5. The minimum absolute atomic E-state index is 0.379. The standard InChI is InChI=1S/C16H25N3S2/c1-19(2)14(15-4-3-7-21-15)10-17-16(20)18-13-9-11-5-6-12(13)8-11/h3-4,7,11-14H,5-6,8-10H2,1-2H3,(H2,17,18,20)/t11-,12-,13+,14-/m1/s1. The highest BCUT2D eigenvalue weighted by Crippen LogP contribution is 2.44. The quantitative estimate of drug-likeness (QED) is 0.815. The van der Waals surface area contributed by atoms with Crippen LogP contribution in [0.2, 0.25) is 0 Å². The number of fused-ring (bicyclic) bond motifs is 2. The van der Waals surface area contributed by atoms with Crippen LogP contribution in [0.3, 0.4) is 0 Å². The van der Waals surface area contributed by atoms with Crippen molar-refractivity contribution in [2.24, 2.45) is 11.8 Å². The molecule has 116 valence electrons. The molecule has 2 aliphatic rings. The second-order valence-electron chi connectivity index (χ2n) is 6.63. The van der Waals surface area contributed by atoms with Crippen molar-refractivity contribution in [1.82, 2.24) is 15.5 Å². The van der Waals surface area contributed by atoms with Crippen molar-refractivity contribution >= 4 is 28.7 Å². The maximum atomic E-state index is 5.50. The first kappa shape index (κ1) is 15.3. The molecule has 0 aromatic carbocycles. The molecule has 5 heteroatoms. The number of nitrogens with one attached hydrogen (secondary N) is 2. The van der Waals surface area contributed by atoms with Gasteiger partial charge in [0, 0.05) is 17.5 Å². The molecule has 3 nitrogen and oxygen atoms in total. The SMILES string of the molecule is CN(C)[C@H](CNC(=S)N[C@H]1C[C@@H]2CC[C@@H]1C2)c1cccs1. The van der Waals surface area contributed by atoms with Crippen LogP contribution in [-0.2, 0) is 0 Å². The number of likely N-dealkylation sites (N-methyl/N-ethyl adjacent to an activating group) is 1. The minimum Gasteiger partial charge on any atom is -0.361 e. The Morgan fingerprint density at radius 3 is 2.86 bits per heavy atom. The van der Waals surface area contributed by atoms with Gasteiger partial charge in [-0.3, -0.25) is 0 Å². The van der Waals surface area contributed by atoms with Crippen LogP contribution in [0.4, 0.5) is 0 Å². The van der Waals surface area contributed by atoms with Crippen LogP contribution in [0.25, 0.3) is 0 Å². The molecule has 0 unspecified atom stereocenters. The predicted octanol–water partition coefficient (Wildman–Crippen LogP) is 3.00. The highest BCUT2D eigenvalue weighted by molar-refractivity contribution is 7.80. The number of thiophene rings is 1. The first-order valence-electron chi connectivity index (χ1n) is 7.87. The first-order valence-corrected chi connectivity index (χ1v) is 9.16. The summed E-state index contributed by atoms with van der Waals surface area (Å²) in [6.07, 6.45) is 5.55. The van der Waals surface area contributed by atoms with Crippen molar-refractivity contribution in [3.05, 3.63) is 22.4 Å². The highest BCUT2D eigenvalue weighted by Gasteiger charge is 2.39. The third-order valence-corrected chi connectivity index (χ3v) is 6.24. The molecular formula is C16H25N3S2. The Bertz CT molecular complexity index is 472. The Morgan fingerprint density at radius 2 is 2.29 bits per heavy atom. The number of nitrogens with zero attached hydrogens (tertiary/aromatic N) is 1. The summed E-state index contributed by atoms with van der Waals surface area (Å²) in [7, 11) is 4.25. The zero-order chi connectivity index (χ0) is 14.8. The van der Waals surface area contributed by atoms with Crippen molar-refractivity contribution in [2.45, 2.75) is 37.8 Å². The van der Waals surface area contributed by atoms with E-state index in [2.05, 4.69) is 47.1 Å². The lowest BCUT2D eigenvalue weighted by molar-refractivity contribution is 0.302. The summed E-state index contributed by atoms with van der Waals surface area (Å²) >= 11 is 7.31. The first-order chi connectivity index (χ1) is 10.1. The summed E-state index contributed by atoms with van der Waals surface area (Å²) in [5, 5.41) is 9.95. The van der Waals surface area contributed by atoms with Gasteiger partial charge in [0.05, 0.1) is 6.04 Å². The summed E-state index contributed by atoms with van der Waals surface area (Å²) in [6, 6.07) is 5.30. The van der Waals surface area contributed by atoms with Crippen molar-refractivity contribution in [2.75, 3.05) is 20.6 Å². The van der Waals surface area contributed by atoms with Crippen LogP contribution in [0.15, 0.2) is 17.5 Å². The van der Waals surface area contributed by atoms with Gasteiger partial charge in [-0.1, -0.05) is 12.5 Å². The van der Waals surface area contributed by atoms with Gasteiger partial charge in [-0.2, -0.15) is 0 Å². The van der Waals surface area contributed by atoms with Gasteiger partial charge in [0.15, 0.2) is 5.11 Å². The van der Waals surface area contributed by atoms with E-state index < -0.39 is 0 Å². The highest BCUT2D eigenvalue weighted by atomic mass is 32.1. The van der Waals surface area contributed by atoms with E-state index >= 15 is 0 Å². The molecule has 2 saturated carbocycles. The third kappa shape index (κ3) is 3.58. The van der Waals surface area contributed by atoms with Crippen molar-refractivity contribution in [1.29, 1.82) is 0 Å². The molecule has 2 N–H and O–H groups in total. The molecule has 0 aliphatic heterocycles. The smallest absolute Gasteiger partial charge is 0.166 e. The van der Waals surface area contributed by atoms with Crippen molar-refractivity contribution in [3.63, 3.8) is 0 Å². The second-order valence-corrected chi connectivity index (χ2v) is 8.02. The molecule has 21 heavy (non-hydrogen) atoms. The molecule has 0 spiro atoms. The molecule has 1 aromatic heterocycles. The lowest BCUT2D eigenvalue weighted by Gasteiger charge is -2.27. The van der Waals surface area contributed by atoms with Gasteiger partial charge >= 0.3 is 0 Å². The molecule has 3 rings (SSSR count). The molecule has 1 heterocycles. The van der Waals surface area contributed by atoms with Gasteiger partial charge < -0.3 is 15.5 Å². The molecule has 0 saturated heterocycles. The molecular weight excluding hydrogens is 298 g/mol. The van der Waals surface area contributed by atoms with Crippen LogP contribution < -0.4 is 10.6 Å². The van der Waals surface area contributed by atoms with E-state index in [1.54, 1.807) is 0 Å². The third-order valence-electron chi connectivity index (χ3n) is 5.01. The summed E-state index contributed by atoms with van der Waals surface area (Å²) in [6.45, 7) is 0.861.